The highest BCUT2D eigenvalue weighted by molar-refractivity contribution is 5.76. The number of rotatable bonds is 65. The second-order valence-corrected chi connectivity index (χ2v) is 23.9. The summed E-state index contributed by atoms with van der Waals surface area (Å²) in [5, 5.41) is 23.1. The van der Waals surface area contributed by atoms with Crippen LogP contribution >= 0.6 is 0 Å². The summed E-state index contributed by atoms with van der Waals surface area (Å²) in [5.74, 6) is -0.0527. The zero-order valence-electron chi connectivity index (χ0n) is 52.4. The fourth-order valence-electron chi connectivity index (χ4n) is 10.7. The number of aliphatic hydroxyl groups excluding tert-OH is 2. The third-order valence-corrected chi connectivity index (χ3v) is 16.1. The van der Waals surface area contributed by atoms with Gasteiger partial charge in [0.15, 0.2) is 0 Å². The number of unbranched alkanes of at least 4 members (excludes halogenated alkanes) is 48. The van der Waals surface area contributed by atoms with Crippen LogP contribution in [-0.2, 0) is 14.3 Å². The van der Waals surface area contributed by atoms with E-state index in [9.17, 15) is 19.8 Å². The number of nitrogens with one attached hydrogen (secondary N) is 1. The molecule has 0 rings (SSSR count). The van der Waals surface area contributed by atoms with Crippen LogP contribution in [0.25, 0.3) is 0 Å². The Labute approximate surface area is 486 Å². The van der Waals surface area contributed by atoms with E-state index >= 15 is 0 Å². The smallest absolute Gasteiger partial charge is 0.305 e. The van der Waals surface area contributed by atoms with E-state index in [0.29, 0.717) is 19.4 Å². The van der Waals surface area contributed by atoms with Crippen LogP contribution in [-0.4, -0.2) is 47.4 Å². The van der Waals surface area contributed by atoms with E-state index in [1.54, 1.807) is 6.08 Å². The van der Waals surface area contributed by atoms with Crippen LogP contribution in [0.4, 0.5) is 0 Å². The molecule has 0 fully saturated rings. The molecular weight excluding hydrogens is 959 g/mol. The molecule has 2 atom stereocenters. The second-order valence-electron chi connectivity index (χ2n) is 23.9. The third-order valence-electron chi connectivity index (χ3n) is 16.1. The lowest BCUT2D eigenvalue weighted by atomic mass is 10.0. The molecule has 3 N–H and O–H groups in total. The van der Waals surface area contributed by atoms with Gasteiger partial charge in [-0.2, -0.15) is 0 Å². The molecule has 0 aromatic carbocycles. The summed E-state index contributed by atoms with van der Waals surface area (Å²) < 4.78 is 5.51. The molecule has 6 heteroatoms. The van der Waals surface area contributed by atoms with Crippen molar-refractivity contribution in [2.45, 2.75) is 386 Å². The lowest BCUT2D eigenvalue weighted by Crippen LogP contribution is -2.45. The van der Waals surface area contributed by atoms with E-state index in [1.165, 1.54) is 295 Å². The van der Waals surface area contributed by atoms with Crippen molar-refractivity contribution in [1.82, 2.24) is 5.32 Å². The average Bonchev–Trinajstić information content (AvgIpc) is 3.44. The minimum absolute atomic E-state index is 0.0136. The molecule has 0 aliphatic carbocycles. The summed E-state index contributed by atoms with van der Waals surface area (Å²) in [6.45, 7) is 4.88. The van der Waals surface area contributed by atoms with Gasteiger partial charge in [0.25, 0.3) is 0 Å². The van der Waals surface area contributed by atoms with E-state index in [2.05, 4.69) is 55.6 Å². The van der Waals surface area contributed by atoms with Gasteiger partial charge in [-0.05, 0) is 89.9 Å². The lowest BCUT2D eigenvalue weighted by Gasteiger charge is -2.20. The van der Waals surface area contributed by atoms with E-state index in [4.69, 9.17) is 4.74 Å². The Morgan fingerprint density at radius 3 is 1.01 bits per heavy atom. The first-order valence-corrected chi connectivity index (χ1v) is 34.9. The number of amides is 1. The highest BCUT2D eigenvalue weighted by atomic mass is 16.5. The first kappa shape index (κ1) is 75.8. The summed E-state index contributed by atoms with van der Waals surface area (Å²) in [4.78, 5) is 24.5. The van der Waals surface area contributed by atoms with Gasteiger partial charge in [-0.25, -0.2) is 0 Å². The maximum absolute atomic E-state index is 12.4. The summed E-state index contributed by atoms with van der Waals surface area (Å²) >= 11 is 0. The van der Waals surface area contributed by atoms with Gasteiger partial charge in [-0.3, -0.25) is 9.59 Å². The number of ether oxygens (including phenoxy) is 1. The number of allylic oxidation sites excluding steroid dienone is 7. The van der Waals surface area contributed by atoms with E-state index < -0.39 is 12.1 Å². The Morgan fingerprint density at radius 2 is 0.641 bits per heavy atom. The molecule has 0 aliphatic rings. The van der Waals surface area contributed by atoms with Gasteiger partial charge < -0.3 is 20.3 Å². The molecule has 2 unspecified atom stereocenters. The molecule has 0 bridgehead atoms. The Morgan fingerprint density at radius 1 is 0.359 bits per heavy atom. The Bertz CT molecular complexity index is 1310. The van der Waals surface area contributed by atoms with Crippen molar-refractivity contribution in [3.8, 4) is 0 Å². The maximum Gasteiger partial charge on any atom is 0.305 e. The van der Waals surface area contributed by atoms with Crippen molar-refractivity contribution in [3.05, 3.63) is 48.6 Å². The van der Waals surface area contributed by atoms with Gasteiger partial charge in [-0.1, -0.05) is 319 Å². The van der Waals surface area contributed by atoms with E-state index in [1.807, 2.05) is 6.08 Å². The van der Waals surface area contributed by atoms with Crippen LogP contribution in [0.5, 0.6) is 0 Å². The molecule has 6 nitrogen and oxygen atoms in total. The summed E-state index contributed by atoms with van der Waals surface area (Å²) in [6.07, 6.45) is 87.7. The molecule has 0 saturated heterocycles. The summed E-state index contributed by atoms with van der Waals surface area (Å²) in [6, 6.07) is -0.625. The van der Waals surface area contributed by atoms with Crippen molar-refractivity contribution < 1.29 is 24.5 Å². The maximum atomic E-state index is 12.4. The van der Waals surface area contributed by atoms with Crippen molar-refractivity contribution in [3.63, 3.8) is 0 Å². The van der Waals surface area contributed by atoms with Gasteiger partial charge >= 0.3 is 5.97 Å². The third kappa shape index (κ3) is 63.0. The minimum Gasteiger partial charge on any atom is -0.466 e. The van der Waals surface area contributed by atoms with Gasteiger partial charge in [0.05, 0.1) is 25.4 Å². The Balaban J connectivity index is 3.35. The molecule has 0 aliphatic heterocycles. The summed E-state index contributed by atoms with van der Waals surface area (Å²) in [7, 11) is 0. The topological polar surface area (TPSA) is 95.9 Å². The van der Waals surface area contributed by atoms with Crippen LogP contribution in [0.15, 0.2) is 48.6 Å². The minimum atomic E-state index is -0.842. The van der Waals surface area contributed by atoms with Crippen LogP contribution in [0.1, 0.15) is 373 Å². The average molecular weight is 1090 g/mol. The predicted octanol–water partition coefficient (Wildman–Crippen LogP) is 22.5. The van der Waals surface area contributed by atoms with Gasteiger partial charge in [0.1, 0.15) is 0 Å². The molecule has 78 heavy (non-hydrogen) atoms. The first-order valence-electron chi connectivity index (χ1n) is 34.9. The molecule has 0 heterocycles. The summed E-state index contributed by atoms with van der Waals surface area (Å²) in [5.41, 5.74) is 0. The van der Waals surface area contributed by atoms with Crippen LogP contribution in [0.2, 0.25) is 0 Å². The molecular formula is C72H135NO5. The molecule has 0 spiro atoms. The van der Waals surface area contributed by atoms with Crippen LogP contribution in [0.3, 0.4) is 0 Å². The quantitative estimate of drug-likeness (QED) is 0.0320. The van der Waals surface area contributed by atoms with Gasteiger partial charge in [-0.15, -0.1) is 0 Å². The molecule has 1 amide bonds. The predicted molar refractivity (Wildman–Crippen MR) is 342 cm³/mol. The largest absolute Gasteiger partial charge is 0.466 e. The zero-order chi connectivity index (χ0) is 56.4. The van der Waals surface area contributed by atoms with Crippen molar-refractivity contribution in [1.29, 1.82) is 0 Å². The Kier molecular flexibility index (Phi) is 65.4. The first-order chi connectivity index (χ1) is 38.5. The SMILES string of the molecule is CCCCC/C=C\C/C=C\CCCCCCCCCCCC(=O)OCCCCCCCCCCCCCC/C=C\CCCCCCCCCCCCCCCCCC(=O)NC(CO)C(O)/C=C/CCCCCCCCCCC. The normalized spacial score (nSPS) is 12.8. The fourth-order valence-corrected chi connectivity index (χ4v) is 10.7. The zero-order valence-corrected chi connectivity index (χ0v) is 52.4. The number of carbonyl (C=O) groups excluding carboxylic acids is 2. The highest BCUT2D eigenvalue weighted by Crippen LogP contribution is 2.18. The monoisotopic (exact) mass is 1090 g/mol. The van der Waals surface area contributed by atoms with Crippen molar-refractivity contribution in [2.75, 3.05) is 13.2 Å². The van der Waals surface area contributed by atoms with Crippen molar-refractivity contribution in [2.24, 2.45) is 0 Å². The molecule has 0 saturated carbocycles. The number of hydrogen-bond acceptors (Lipinski definition) is 5. The number of hydrogen-bond donors (Lipinski definition) is 3. The van der Waals surface area contributed by atoms with Gasteiger partial charge in [0.2, 0.25) is 5.91 Å². The number of esters is 1. The highest BCUT2D eigenvalue weighted by Gasteiger charge is 2.18. The van der Waals surface area contributed by atoms with E-state index in [0.717, 1.165) is 51.4 Å². The number of aliphatic hydroxyl groups is 2. The van der Waals surface area contributed by atoms with Crippen LogP contribution in [0, 0.1) is 0 Å². The fraction of sp³-hybridized carbons (Fsp3) is 0.861. The Hall–Kier alpha value is -2.18. The van der Waals surface area contributed by atoms with E-state index in [-0.39, 0.29) is 18.5 Å². The lowest BCUT2D eigenvalue weighted by molar-refractivity contribution is -0.143. The van der Waals surface area contributed by atoms with Gasteiger partial charge in [0, 0.05) is 12.8 Å². The van der Waals surface area contributed by atoms with Crippen LogP contribution < -0.4 is 5.32 Å². The standard InChI is InChI=1S/C72H135NO5/c1-3-5-7-9-11-13-15-16-17-18-32-36-39-42-46-50-54-58-62-66-72(77)78-67-63-59-55-51-47-43-40-37-34-31-29-27-25-23-21-19-20-22-24-26-28-30-33-35-38-41-45-49-53-57-61-65-71(76)73-69(68-74)70(75)64-60-56-52-48-44-14-12-10-8-6-4-2/h11,13,16-17,21,23,60,64,69-70,74-75H,3-10,12,14-15,18-20,22,24-59,61-63,65-68H2,1-2H3,(H,73,76)/b13-11-,17-16-,23-21-,64-60+. The molecule has 0 aromatic rings. The number of carbonyl (C=O) groups is 2. The second kappa shape index (κ2) is 67.3. The molecule has 458 valence electrons. The van der Waals surface area contributed by atoms with Crippen molar-refractivity contribution >= 4 is 11.9 Å². The molecule has 0 aromatic heterocycles. The molecule has 0 radical (unpaired) electrons.